The third-order valence-corrected chi connectivity index (χ3v) is 3.31. The Hall–Kier alpha value is -1.29. The lowest BCUT2D eigenvalue weighted by atomic mass is 10.2. The van der Waals surface area contributed by atoms with E-state index in [9.17, 15) is 0 Å². The van der Waals surface area contributed by atoms with Crippen LogP contribution in [-0.4, -0.2) is 4.47 Å². The van der Waals surface area contributed by atoms with E-state index < -0.39 is 0 Å². The van der Waals surface area contributed by atoms with E-state index in [4.69, 9.17) is 4.84 Å². The zero-order chi connectivity index (χ0) is 10.8. The molecule has 0 N–H and O–H groups in total. The standard InChI is InChI=1S/C13H11NOS/c1-3-7-11(8-4-1)13-14(15-13)16-12-9-5-2-6-10-12/h1-10,13H. The van der Waals surface area contributed by atoms with Crippen molar-refractivity contribution in [2.75, 3.05) is 0 Å². The van der Waals surface area contributed by atoms with Crippen molar-refractivity contribution in [2.24, 2.45) is 0 Å². The summed E-state index contributed by atoms with van der Waals surface area (Å²) in [4.78, 5) is 6.70. The fourth-order valence-corrected chi connectivity index (χ4v) is 2.35. The van der Waals surface area contributed by atoms with Crippen LogP contribution in [0, 0.1) is 0 Å². The summed E-state index contributed by atoms with van der Waals surface area (Å²) in [6.07, 6.45) is 0.103. The van der Waals surface area contributed by atoms with Crippen LogP contribution in [-0.2, 0) is 4.84 Å². The predicted octanol–water partition coefficient (Wildman–Crippen LogP) is 3.64. The van der Waals surface area contributed by atoms with E-state index in [2.05, 4.69) is 24.3 Å². The molecule has 0 amide bonds. The Kier molecular flexibility index (Phi) is 2.66. The lowest BCUT2D eigenvalue weighted by Gasteiger charge is -1.97. The van der Waals surface area contributed by atoms with Gasteiger partial charge in [0.05, 0.1) is 0 Å². The van der Waals surface area contributed by atoms with E-state index in [-0.39, 0.29) is 6.23 Å². The van der Waals surface area contributed by atoms with Gasteiger partial charge in [-0.2, -0.15) is 0 Å². The first kappa shape index (κ1) is 9.90. The maximum Gasteiger partial charge on any atom is 0.192 e. The summed E-state index contributed by atoms with van der Waals surface area (Å²) in [7, 11) is 0. The smallest absolute Gasteiger partial charge is 0.192 e. The molecule has 2 nitrogen and oxygen atoms in total. The maximum absolute atomic E-state index is 5.50. The Morgan fingerprint density at radius 2 is 1.50 bits per heavy atom. The van der Waals surface area contributed by atoms with Gasteiger partial charge in [-0.25, -0.2) is 0 Å². The molecule has 0 bridgehead atoms. The molecule has 80 valence electrons. The Morgan fingerprint density at radius 3 is 2.19 bits per heavy atom. The van der Waals surface area contributed by atoms with Gasteiger partial charge in [0.2, 0.25) is 0 Å². The lowest BCUT2D eigenvalue weighted by molar-refractivity contribution is 0.300. The third-order valence-electron chi connectivity index (χ3n) is 2.37. The average molecular weight is 229 g/mol. The van der Waals surface area contributed by atoms with Crippen LogP contribution in [0.4, 0.5) is 0 Å². The van der Waals surface area contributed by atoms with Crippen molar-refractivity contribution < 1.29 is 4.84 Å². The molecule has 1 aliphatic heterocycles. The number of hydrogen-bond donors (Lipinski definition) is 0. The summed E-state index contributed by atoms with van der Waals surface area (Å²) in [6, 6.07) is 20.5. The van der Waals surface area contributed by atoms with Crippen LogP contribution in [0.3, 0.4) is 0 Å². The number of rotatable bonds is 3. The van der Waals surface area contributed by atoms with E-state index in [1.165, 1.54) is 10.5 Å². The minimum Gasteiger partial charge on any atom is -0.258 e. The zero-order valence-electron chi connectivity index (χ0n) is 8.61. The van der Waals surface area contributed by atoms with Gasteiger partial charge in [0.1, 0.15) is 0 Å². The minimum atomic E-state index is 0.103. The number of nitrogens with zero attached hydrogens (tertiary/aromatic N) is 1. The Balaban J connectivity index is 1.65. The highest BCUT2D eigenvalue weighted by Crippen LogP contribution is 2.45. The van der Waals surface area contributed by atoms with Crippen molar-refractivity contribution in [1.82, 2.24) is 4.47 Å². The molecular weight excluding hydrogens is 218 g/mol. The third kappa shape index (κ3) is 2.11. The van der Waals surface area contributed by atoms with E-state index in [0.29, 0.717) is 0 Å². The van der Waals surface area contributed by atoms with Crippen molar-refractivity contribution in [3.05, 3.63) is 66.2 Å². The van der Waals surface area contributed by atoms with Crippen molar-refractivity contribution in [2.45, 2.75) is 11.1 Å². The summed E-state index contributed by atoms with van der Waals surface area (Å²) in [6.45, 7) is 0. The van der Waals surface area contributed by atoms with E-state index in [0.717, 1.165) is 0 Å². The first-order valence-electron chi connectivity index (χ1n) is 5.17. The number of benzene rings is 2. The van der Waals surface area contributed by atoms with Crippen molar-refractivity contribution in [3.63, 3.8) is 0 Å². The van der Waals surface area contributed by atoms with Crippen LogP contribution in [0.2, 0.25) is 0 Å². The molecule has 2 aromatic rings. The highest BCUT2D eigenvalue weighted by atomic mass is 32.2. The second kappa shape index (κ2) is 4.29. The van der Waals surface area contributed by atoms with Gasteiger partial charge in [-0.05, 0) is 24.1 Å². The molecule has 2 aromatic carbocycles. The van der Waals surface area contributed by atoms with Gasteiger partial charge in [0.25, 0.3) is 0 Å². The molecule has 0 aliphatic carbocycles. The molecule has 0 saturated carbocycles. The maximum atomic E-state index is 5.50. The van der Waals surface area contributed by atoms with Crippen LogP contribution in [0.1, 0.15) is 11.8 Å². The number of hydroxylamine groups is 1. The second-order valence-corrected chi connectivity index (χ2v) is 4.57. The van der Waals surface area contributed by atoms with Crippen LogP contribution in [0.15, 0.2) is 65.6 Å². The quantitative estimate of drug-likeness (QED) is 0.590. The second-order valence-electron chi connectivity index (χ2n) is 3.56. The van der Waals surface area contributed by atoms with Gasteiger partial charge in [0, 0.05) is 10.5 Å². The average Bonchev–Trinajstić information content (AvgIpc) is 3.11. The molecule has 2 unspecified atom stereocenters. The normalized spacial score (nSPS) is 23.0. The summed E-state index contributed by atoms with van der Waals surface area (Å²) < 4.78 is 1.91. The molecule has 16 heavy (non-hydrogen) atoms. The van der Waals surface area contributed by atoms with Gasteiger partial charge in [-0.15, -0.1) is 0 Å². The fourth-order valence-electron chi connectivity index (χ4n) is 1.53. The minimum absolute atomic E-state index is 0.103. The monoisotopic (exact) mass is 229 g/mol. The van der Waals surface area contributed by atoms with Crippen LogP contribution < -0.4 is 0 Å². The van der Waals surface area contributed by atoms with Gasteiger partial charge in [0.15, 0.2) is 6.23 Å². The van der Waals surface area contributed by atoms with Crippen LogP contribution in [0.5, 0.6) is 0 Å². The van der Waals surface area contributed by atoms with Crippen molar-refractivity contribution in [3.8, 4) is 0 Å². The molecule has 2 atom stereocenters. The lowest BCUT2D eigenvalue weighted by Crippen LogP contribution is -1.86. The Bertz CT molecular complexity index is 460. The van der Waals surface area contributed by atoms with Crippen LogP contribution in [0.25, 0.3) is 0 Å². The largest absolute Gasteiger partial charge is 0.258 e. The molecular formula is C13H11NOS. The zero-order valence-corrected chi connectivity index (χ0v) is 9.43. The van der Waals surface area contributed by atoms with E-state index in [1.807, 2.05) is 40.9 Å². The Morgan fingerprint density at radius 1 is 0.875 bits per heavy atom. The van der Waals surface area contributed by atoms with Crippen molar-refractivity contribution >= 4 is 11.9 Å². The highest BCUT2D eigenvalue weighted by molar-refractivity contribution is 7.97. The van der Waals surface area contributed by atoms with E-state index >= 15 is 0 Å². The SMILES string of the molecule is c1ccc(SN2OC2c2ccccc2)cc1. The molecule has 1 heterocycles. The van der Waals surface area contributed by atoms with Crippen molar-refractivity contribution in [1.29, 1.82) is 0 Å². The first-order chi connectivity index (χ1) is 7.93. The number of hydrogen-bond acceptors (Lipinski definition) is 3. The van der Waals surface area contributed by atoms with Crippen LogP contribution >= 0.6 is 11.9 Å². The molecule has 0 spiro atoms. The topological polar surface area (TPSA) is 15.5 Å². The summed E-state index contributed by atoms with van der Waals surface area (Å²) in [5.41, 5.74) is 1.20. The molecule has 3 heteroatoms. The Labute approximate surface area is 98.9 Å². The molecule has 0 aromatic heterocycles. The molecule has 1 fully saturated rings. The summed E-state index contributed by atoms with van der Waals surface area (Å²) in [5, 5.41) is 0. The van der Waals surface area contributed by atoms with Gasteiger partial charge >= 0.3 is 0 Å². The van der Waals surface area contributed by atoms with Gasteiger partial charge < -0.3 is 0 Å². The molecule has 3 rings (SSSR count). The molecule has 0 radical (unpaired) electrons. The summed E-state index contributed by atoms with van der Waals surface area (Å²) >= 11 is 1.62. The van der Waals surface area contributed by atoms with Gasteiger partial charge in [-0.1, -0.05) is 53.0 Å². The predicted molar refractivity (Wildman–Crippen MR) is 64.4 cm³/mol. The van der Waals surface area contributed by atoms with Gasteiger partial charge in [-0.3, -0.25) is 4.84 Å². The fraction of sp³-hybridized carbons (Fsp3) is 0.0769. The summed E-state index contributed by atoms with van der Waals surface area (Å²) in [5.74, 6) is 0. The highest BCUT2D eigenvalue weighted by Gasteiger charge is 2.39. The van der Waals surface area contributed by atoms with E-state index in [1.54, 1.807) is 11.9 Å². The first-order valence-corrected chi connectivity index (χ1v) is 5.95. The molecule has 1 aliphatic rings. The molecule has 1 saturated heterocycles.